The number of hydrogen-bond donors (Lipinski definition) is 2. The van der Waals surface area contributed by atoms with E-state index >= 15 is 0 Å². The van der Waals surface area contributed by atoms with Gasteiger partial charge in [-0.3, -0.25) is 14.3 Å². The highest BCUT2D eigenvalue weighted by Gasteiger charge is 2.46. The number of rotatable bonds is 6. The van der Waals surface area contributed by atoms with E-state index in [1.54, 1.807) is 24.8 Å². The summed E-state index contributed by atoms with van der Waals surface area (Å²) < 4.78 is 72.8. The smallest absolute Gasteiger partial charge is 0.398 e. The molecule has 2 heterocycles. The number of sulfonamides is 1. The summed E-state index contributed by atoms with van der Waals surface area (Å²) in [5, 5.41) is 0. The summed E-state index contributed by atoms with van der Waals surface area (Å²) in [6.45, 7) is 8.14. The van der Waals surface area contributed by atoms with Crippen LogP contribution in [-0.4, -0.2) is 60.2 Å². The molecule has 0 aliphatic carbocycles. The summed E-state index contributed by atoms with van der Waals surface area (Å²) in [4.78, 5) is 27.0. The number of carbonyl (C=O) groups is 2. The van der Waals surface area contributed by atoms with Gasteiger partial charge in [-0.15, -0.1) is 0 Å². The summed E-state index contributed by atoms with van der Waals surface area (Å²) in [5.41, 5.74) is 1.16. The first-order valence-electron chi connectivity index (χ1n) is 12.7. The summed E-state index contributed by atoms with van der Waals surface area (Å²) in [5.74, 6) is -0.107. The lowest BCUT2D eigenvalue weighted by Gasteiger charge is -2.36. The Bertz CT molecular complexity index is 1360. The summed E-state index contributed by atoms with van der Waals surface area (Å²) in [6.07, 6.45) is 0.545. The average molecular weight is 601 g/mol. The van der Waals surface area contributed by atoms with Crippen molar-refractivity contribution in [3.8, 4) is 0 Å². The number of para-hydroxylation sites is 2. The van der Waals surface area contributed by atoms with Gasteiger partial charge in [0.25, 0.3) is 0 Å². The van der Waals surface area contributed by atoms with Crippen LogP contribution in [0.2, 0.25) is 0 Å². The van der Waals surface area contributed by atoms with Gasteiger partial charge >= 0.3 is 15.5 Å². The maximum atomic E-state index is 12.5. The summed E-state index contributed by atoms with van der Waals surface area (Å²) >= 11 is 0. The number of alkyl halides is 3. The number of halogens is 3. The zero-order chi connectivity index (χ0) is 30.6. The summed E-state index contributed by atoms with van der Waals surface area (Å²) in [6, 6.07) is 13.2. The zero-order valence-electron chi connectivity index (χ0n) is 23.3. The molecule has 3 N–H and O–H groups in total. The van der Waals surface area contributed by atoms with Gasteiger partial charge in [-0.25, -0.2) is 0 Å². The molecule has 0 atom stereocenters. The van der Waals surface area contributed by atoms with E-state index in [1.807, 2.05) is 38.1 Å². The number of nitrogens with zero attached hydrogens (tertiary/aromatic N) is 2. The van der Waals surface area contributed by atoms with Crippen molar-refractivity contribution >= 4 is 33.2 Å². The Balaban J connectivity index is 0.000000239. The molecule has 41 heavy (non-hydrogen) atoms. The second-order valence-electron chi connectivity index (χ2n) is 11.0. The molecule has 2 amide bonds. The molecule has 2 aliphatic heterocycles. The van der Waals surface area contributed by atoms with E-state index in [1.165, 1.54) is 27.8 Å². The molecule has 0 spiro atoms. The predicted molar refractivity (Wildman–Crippen MR) is 146 cm³/mol. The maximum Gasteiger partial charge on any atom is 0.516 e. The molecule has 4 rings (SSSR count). The fourth-order valence-electron chi connectivity index (χ4n) is 4.02. The first-order chi connectivity index (χ1) is 18.9. The van der Waals surface area contributed by atoms with Gasteiger partial charge in [0.05, 0.1) is 29.7 Å². The van der Waals surface area contributed by atoms with Gasteiger partial charge in [0, 0.05) is 18.8 Å². The Morgan fingerprint density at radius 1 is 0.829 bits per heavy atom. The maximum absolute atomic E-state index is 12.5. The normalized spacial score (nSPS) is 18.9. The van der Waals surface area contributed by atoms with Crippen molar-refractivity contribution in [1.29, 1.82) is 0 Å². The van der Waals surface area contributed by atoms with Crippen LogP contribution in [0.5, 0.6) is 0 Å². The molecule has 2 aromatic rings. The van der Waals surface area contributed by atoms with E-state index in [0.29, 0.717) is 25.4 Å². The lowest BCUT2D eigenvalue weighted by atomic mass is 10.0. The van der Waals surface area contributed by atoms with Crippen molar-refractivity contribution in [2.24, 2.45) is 0 Å². The van der Waals surface area contributed by atoms with Crippen LogP contribution < -0.4 is 10.5 Å². The van der Waals surface area contributed by atoms with Gasteiger partial charge in [0.2, 0.25) is 11.8 Å². The molecule has 0 bridgehead atoms. The number of hydrogen-bond acceptors (Lipinski definition) is 7. The van der Waals surface area contributed by atoms with Crippen LogP contribution in [0, 0.1) is 0 Å². The van der Waals surface area contributed by atoms with Crippen molar-refractivity contribution in [2.75, 3.05) is 23.9 Å². The minimum absolute atomic E-state index is 0.0216. The number of carbonyl (C=O) groups excluding carboxylic acids is 2. The Labute approximate surface area is 237 Å². The second kappa shape index (κ2) is 12.2. The van der Waals surface area contributed by atoms with Crippen molar-refractivity contribution in [3.05, 3.63) is 59.7 Å². The van der Waals surface area contributed by atoms with Crippen LogP contribution in [-0.2, 0) is 42.2 Å². The average Bonchev–Trinajstić information content (AvgIpc) is 2.84. The quantitative estimate of drug-likeness (QED) is 0.476. The highest BCUT2D eigenvalue weighted by atomic mass is 32.2. The minimum atomic E-state index is -5.53. The van der Waals surface area contributed by atoms with Crippen molar-refractivity contribution in [2.45, 2.75) is 70.3 Å². The zero-order valence-corrected chi connectivity index (χ0v) is 24.1. The molecular formula is C27H35F3N4O6S. The van der Waals surface area contributed by atoms with E-state index in [4.69, 9.17) is 15.2 Å². The SMILES string of the molecule is CC1(C)CC(=O)N(Cc2ccccc2N)CO1.CC1(C)CC(=O)N(Cc2ccccc2NS(=O)(=O)C(F)(F)F)CO1. The van der Waals surface area contributed by atoms with Gasteiger partial charge in [0.1, 0.15) is 13.5 Å². The van der Waals surface area contributed by atoms with E-state index in [0.717, 1.165) is 5.56 Å². The van der Waals surface area contributed by atoms with Crippen LogP contribution in [0.15, 0.2) is 48.5 Å². The van der Waals surface area contributed by atoms with Crippen LogP contribution in [0.4, 0.5) is 24.5 Å². The van der Waals surface area contributed by atoms with E-state index in [2.05, 4.69) is 0 Å². The third-order valence-corrected chi connectivity index (χ3v) is 7.52. The van der Waals surface area contributed by atoms with Gasteiger partial charge in [0.15, 0.2) is 0 Å². The van der Waals surface area contributed by atoms with E-state index in [-0.39, 0.29) is 48.4 Å². The largest absolute Gasteiger partial charge is 0.516 e. The molecule has 14 heteroatoms. The number of nitrogen functional groups attached to an aromatic ring is 1. The van der Waals surface area contributed by atoms with Gasteiger partial charge < -0.3 is 25.0 Å². The summed E-state index contributed by atoms with van der Waals surface area (Å²) in [7, 11) is -5.53. The molecule has 0 aromatic heterocycles. The second-order valence-corrected chi connectivity index (χ2v) is 12.7. The topological polar surface area (TPSA) is 131 Å². The van der Waals surface area contributed by atoms with E-state index < -0.39 is 21.1 Å². The third-order valence-electron chi connectivity index (χ3n) is 6.43. The highest BCUT2D eigenvalue weighted by Crippen LogP contribution is 2.29. The predicted octanol–water partition coefficient (Wildman–Crippen LogP) is 4.19. The number of anilines is 2. The Morgan fingerprint density at radius 3 is 1.73 bits per heavy atom. The van der Waals surface area contributed by atoms with E-state index in [9.17, 15) is 31.2 Å². The van der Waals surface area contributed by atoms with Crippen LogP contribution in [0.25, 0.3) is 0 Å². The molecule has 10 nitrogen and oxygen atoms in total. The molecule has 2 aliphatic rings. The van der Waals surface area contributed by atoms with Crippen LogP contribution in [0.1, 0.15) is 51.7 Å². The highest BCUT2D eigenvalue weighted by molar-refractivity contribution is 7.93. The molecule has 226 valence electrons. The lowest BCUT2D eigenvalue weighted by molar-refractivity contribution is -0.168. The minimum Gasteiger partial charge on any atom is -0.398 e. The van der Waals surface area contributed by atoms with Crippen molar-refractivity contribution in [1.82, 2.24) is 9.80 Å². The number of ether oxygens (including phenoxy) is 2. The molecule has 2 fully saturated rings. The number of nitrogens with two attached hydrogens (primary N) is 1. The molecule has 2 saturated heterocycles. The van der Waals surface area contributed by atoms with Crippen LogP contribution >= 0.6 is 0 Å². The monoisotopic (exact) mass is 600 g/mol. The van der Waals surface area contributed by atoms with Gasteiger partial charge in [-0.05, 0) is 51.0 Å². The van der Waals surface area contributed by atoms with Gasteiger partial charge in [-0.1, -0.05) is 36.4 Å². The molecule has 0 saturated carbocycles. The molecule has 2 aromatic carbocycles. The van der Waals surface area contributed by atoms with Gasteiger partial charge in [-0.2, -0.15) is 21.6 Å². The number of nitrogens with one attached hydrogen (secondary N) is 1. The molecule has 0 unspecified atom stereocenters. The van der Waals surface area contributed by atoms with Crippen LogP contribution in [0.3, 0.4) is 0 Å². The van der Waals surface area contributed by atoms with Crippen molar-refractivity contribution in [3.63, 3.8) is 0 Å². The first-order valence-corrected chi connectivity index (χ1v) is 14.2. The third kappa shape index (κ3) is 8.81. The number of benzene rings is 2. The fourth-order valence-corrected chi connectivity index (χ4v) is 4.63. The van der Waals surface area contributed by atoms with Crippen molar-refractivity contribution < 1.29 is 40.7 Å². The fraction of sp³-hybridized carbons (Fsp3) is 0.481. The lowest BCUT2D eigenvalue weighted by Crippen LogP contribution is -2.46. The Morgan fingerprint density at radius 2 is 1.27 bits per heavy atom. The standard InChI is InChI=1S/C14H17F3N2O4S.C13H18N2O2/c1-13(2)7-12(20)19(9-23-13)8-10-5-3-4-6-11(10)18-24(21,22)14(15,16)17;1-13(2)7-12(16)15(9-17-13)8-10-5-3-4-6-11(10)14/h3-6,18H,7-9H2,1-2H3;3-6H,7-9,14H2,1-2H3. The molecule has 0 radical (unpaired) electrons. The Hall–Kier alpha value is -3.36. The first kappa shape index (κ1) is 32.2. The molecular weight excluding hydrogens is 565 g/mol. The Kier molecular flexibility index (Phi) is 9.61. The number of amides is 2.